The monoisotopic (exact) mass is 329 g/mol. The third-order valence-corrected chi connectivity index (χ3v) is 4.91. The number of benzene rings is 1. The Kier molecular flexibility index (Phi) is 5.59. The van der Waals surface area contributed by atoms with Gasteiger partial charge in [-0.3, -0.25) is 4.90 Å². The molecule has 0 amide bonds. The maximum atomic E-state index is 5.71. The second kappa shape index (κ2) is 7.68. The Hall–Kier alpha value is -1.36. The highest BCUT2D eigenvalue weighted by Gasteiger charge is 2.21. The maximum Gasteiger partial charge on any atom is 0.0597 e. The van der Waals surface area contributed by atoms with E-state index in [1.807, 2.05) is 7.05 Å². The first-order valence-corrected chi connectivity index (χ1v) is 9.16. The smallest absolute Gasteiger partial charge is 0.0597 e. The fourth-order valence-electron chi connectivity index (χ4n) is 3.66. The first-order chi connectivity index (χ1) is 11.6. The summed E-state index contributed by atoms with van der Waals surface area (Å²) in [4.78, 5) is 2.49. The molecule has 0 bridgehead atoms. The van der Waals surface area contributed by atoms with Gasteiger partial charge in [-0.25, -0.2) is 0 Å². The average Bonchev–Trinajstić information content (AvgIpc) is 3.06. The number of ether oxygens (including phenoxy) is 1. The zero-order valence-electron chi connectivity index (χ0n) is 15.6. The maximum absolute atomic E-state index is 5.71. The zero-order valence-corrected chi connectivity index (χ0v) is 15.6. The van der Waals surface area contributed by atoms with Gasteiger partial charge >= 0.3 is 0 Å². The van der Waals surface area contributed by atoms with Crippen LogP contribution in [0.2, 0.25) is 0 Å². The normalized spacial score (nSPS) is 14.9. The largest absolute Gasteiger partial charge is 0.377 e. The summed E-state index contributed by atoms with van der Waals surface area (Å²) in [6.45, 7) is 9.20. The SMILES string of the molecule is CNCCCc1cn(C)c2cc3c(cc12)CN(CCOC(C)C)C3. The van der Waals surface area contributed by atoms with E-state index in [9.17, 15) is 0 Å². The van der Waals surface area contributed by atoms with Crippen molar-refractivity contribution in [2.45, 2.75) is 45.9 Å². The van der Waals surface area contributed by atoms with Crippen molar-refractivity contribution in [3.63, 3.8) is 0 Å². The second-order valence-electron chi connectivity index (χ2n) is 7.24. The van der Waals surface area contributed by atoms with Crippen LogP contribution >= 0.6 is 0 Å². The molecule has 0 saturated carbocycles. The standard InChI is InChI=1S/C20H31N3O/c1-15(2)24-9-8-23-13-17-10-19-16(6-5-7-21-3)12-22(4)20(19)11-18(17)14-23/h10-12,15,21H,5-9,13-14H2,1-4H3. The number of hydrogen-bond donors (Lipinski definition) is 1. The van der Waals surface area contributed by atoms with Gasteiger partial charge in [-0.05, 0) is 69.1 Å². The van der Waals surface area contributed by atoms with Gasteiger partial charge in [-0.2, -0.15) is 0 Å². The van der Waals surface area contributed by atoms with Crippen molar-refractivity contribution < 1.29 is 4.74 Å². The lowest BCUT2D eigenvalue weighted by atomic mass is 10.0. The van der Waals surface area contributed by atoms with Gasteiger partial charge in [0, 0.05) is 43.8 Å². The molecule has 132 valence electrons. The summed E-state index contributed by atoms with van der Waals surface area (Å²) in [5, 5.41) is 4.68. The molecule has 1 aromatic carbocycles. The Morgan fingerprint density at radius 2 is 1.96 bits per heavy atom. The second-order valence-corrected chi connectivity index (χ2v) is 7.24. The van der Waals surface area contributed by atoms with Crippen LogP contribution in [0.4, 0.5) is 0 Å². The van der Waals surface area contributed by atoms with Crippen molar-refractivity contribution in [2.24, 2.45) is 7.05 Å². The minimum atomic E-state index is 0.317. The highest BCUT2D eigenvalue weighted by molar-refractivity contribution is 5.85. The van der Waals surface area contributed by atoms with E-state index in [4.69, 9.17) is 4.74 Å². The van der Waals surface area contributed by atoms with E-state index in [2.05, 4.69) is 54.0 Å². The summed E-state index contributed by atoms with van der Waals surface area (Å²) >= 11 is 0. The molecule has 0 fully saturated rings. The Morgan fingerprint density at radius 3 is 2.67 bits per heavy atom. The topological polar surface area (TPSA) is 29.4 Å². The molecule has 1 aromatic heterocycles. The molecule has 3 rings (SSSR count). The van der Waals surface area contributed by atoms with E-state index in [0.717, 1.165) is 39.2 Å². The van der Waals surface area contributed by atoms with Crippen molar-refractivity contribution in [3.8, 4) is 0 Å². The number of rotatable bonds is 8. The van der Waals surface area contributed by atoms with Crippen LogP contribution in [0.5, 0.6) is 0 Å². The highest BCUT2D eigenvalue weighted by atomic mass is 16.5. The van der Waals surface area contributed by atoms with E-state index < -0.39 is 0 Å². The van der Waals surface area contributed by atoms with E-state index in [1.165, 1.54) is 34.0 Å². The fourth-order valence-corrected chi connectivity index (χ4v) is 3.66. The molecule has 0 radical (unpaired) electrons. The molecule has 0 aliphatic carbocycles. The molecule has 1 aliphatic heterocycles. The van der Waals surface area contributed by atoms with Crippen LogP contribution in [-0.4, -0.2) is 42.3 Å². The zero-order chi connectivity index (χ0) is 17.1. The van der Waals surface area contributed by atoms with Crippen LogP contribution in [0.1, 0.15) is 37.0 Å². The number of nitrogens with zero attached hydrogens (tertiary/aromatic N) is 2. The van der Waals surface area contributed by atoms with Crippen molar-refractivity contribution in [1.29, 1.82) is 0 Å². The molecular formula is C20H31N3O. The van der Waals surface area contributed by atoms with Crippen molar-refractivity contribution >= 4 is 10.9 Å². The molecule has 24 heavy (non-hydrogen) atoms. The number of aromatic nitrogens is 1. The van der Waals surface area contributed by atoms with E-state index >= 15 is 0 Å². The Balaban J connectivity index is 1.73. The van der Waals surface area contributed by atoms with Gasteiger partial charge < -0.3 is 14.6 Å². The van der Waals surface area contributed by atoms with Crippen LogP contribution in [0.15, 0.2) is 18.3 Å². The van der Waals surface area contributed by atoms with Gasteiger partial charge in [0.1, 0.15) is 0 Å². The Morgan fingerprint density at radius 1 is 1.21 bits per heavy atom. The Labute approximate surface area is 145 Å². The molecule has 4 nitrogen and oxygen atoms in total. The molecule has 2 aromatic rings. The molecule has 0 atom stereocenters. The van der Waals surface area contributed by atoms with Crippen molar-refractivity contribution in [1.82, 2.24) is 14.8 Å². The van der Waals surface area contributed by atoms with Gasteiger partial charge in [0.25, 0.3) is 0 Å². The molecule has 4 heteroatoms. The van der Waals surface area contributed by atoms with Gasteiger partial charge in [0.05, 0.1) is 12.7 Å². The van der Waals surface area contributed by atoms with Gasteiger partial charge in [-0.1, -0.05) is 0 Å². The molecule has 1 aliphatic rings. The van der Waals surface area contributed by atoms with Crippen LogP contribution in [0, 0.1) is 0 Å². The quantitative estimate of drug-likeness (QED) is 0.755. The summed E-state index contributed by atoms with van der Waals surface area (Å²) in [6, 6.07) is 4.83. The predicted molar refractivity (Wildman–Crippen MR) is 100 cm³/mol. The molecule has 0 unspecified atom stereocenters. The lowest BCUT2D eigenvalue weighted by Crippen LogP contribution is -2.23. The third-order valence-electron chi connectivity index (χ3n) is 4.91. The van der Waals surface area contributed by atoms with E-state index in [1.54, 1.807) is 0 Å². The first kappa shape index (κ1) is 17.5. The summed E-state index contributed by atoms with van der Waals surface area (Å²) in [5.41, 5.74) is 5.82. The van der Waals surface area contributed by atoms with Gasteiger partial charge in [0.2, 0.25) is 0 Å². The Bertz CT molecular complexity index is 690. The summed E-state index contributed by atoms with van der Waals surface area (Å²) in [7, 11) is 4.19. The minimum absolute atomic E-state index is 0.317. The molecule has 2 heterocycles. The van der Waals surface area contributed by atoms with Crippen LogP contribution in [-0.2, 0) is 31.3 Å². The third kappa shape index (κ3) is 3.82. The average molecular weight is 329 g/mol. The summed E-state index contributed by atoms with van der Waals surface area (Å²) in [5.74, 6) is 0. The van der Waals surface area contributed by atoms with Gasteiger partial charge in [-0.15, -0.1) is 0 Å². The summed E-state index contributed by atoms with van der Waals surface area (Å²) in [6.07, 6.45) is 4.95. The number of hydrogen-bond acceptors (Lipinski definition) is 3. The van der Waals surface area contributed by atoms with Crippen molar-refractivity contribution in [2.75, 3.05) is 26.7 Å². The van der Waals surface area contributed by atoms with E-state index in [0.29, 0.717) is 6.10 Å². The molecule has 1 N–H and O–H groups in total. The van der Waals surface area contributed by atoms with Crippen LogP contribution in [0.25, 0.3) is 10.9 Å². The van der Waals surface area contributed by atoms with Crippen molar-refractivity contribution in [3.05, 3.63) is 35.0 Å². The number of fused-ring (bicyclic) bond motifs is 2. The number of nitrogens with one attached hydrogen (secondary N) is 1. The van der Waals surface area contributed by atoms with Crippen LogP contribution in [0.3, 0.4) is 0 Å². The van der Waals surface area contributed by atoms with Crippen LogP contribution < -0.4 is 5.32 Å². The van der Waals surface area contributed by atoms with Gasteiger partial charge in [0.15, 0.2) is 0 Å². The molecule has 0 saturated heterocycles. The summed E-state index contributed by atoms with van der Waals surface area (Å²) < 4.78 is 7.99. The molecule has 0 spiro atoms. The first-order valence-electron chi connectivity index (χ1n) is 9.16. The minimum Gasteiger partial charge on any atom is -0.377 e. The fraction of sp³-hybridized carbons (Fsp3) is 0.600. The molecular weight excluding hydrogens is 298 g/mol. The lowest BCUT2D eigenvalue weighted by molar-refractivity contribution is 0.0584. The van der Waals surface area contributed by atoms with E-state index in [-0.39, 0.29) is 0 Å². The highest BCUT2D eigenvalue weighted by Crippen LogP contribution is 2.30. The number of aryl methyl sites for hydroxylation is 2. The lowest BCUT2D eigenvalue weighted by Gasteiger charge is -2.15. The predicted octanol–water partition coefficient (Wildman–Crippen LogP) is 3.07.